The zero-order chi connectivity index (χ0) is 13.2. The van der Waals surface area contributed by atoms with Crippen LogP contribution in [-0.4, -0.2) is 4.98 Å². The Morgan fingerprint density at radius 1 is 1.32 bits per heavy atom. The lowest BCUT2D eigenvalue weighted by atomic mass is 10.0. The van der Waals surface area contributed by atoms with Crippen LogP contribution in [-0.2, 0) is 6.42 Å². The van der Waals surface area contributed by atoms with Gasteiger partial charge in [-0.3, -0.25) is 11.3 Å². The minimum absolute atomic E-state index is 0.101. The van der Waals surface area contributed by atoms with Crippen LogP contribution < -0.4 is 11.3 Å². The summed E-state index contributed by atoms with van der Waals surface area (Å²) >= 11 is 3.44. The molecule has 2 heterocycles. The second kappa shape index (κ2) is 5.38. The number of rotatable bonds is 4. The van der Waals surface area contributed by atoms with Crippen molar-refractivity contribution in [1.82, 2.24) is 10.4 Å². The minimum Gasteiger partial charge on any atom is -0.271 e. The maximum absolute atomic E-state index is 5.75. The zero-order valence-corrected chi connectivity index (χ0v) is 12.2. The molecule has 3 aromatic rings. The third kappa shape index (κ3) is 2.55. The van der Waals surface area contributed by atoms with E-state index in [4.69, 9.17) is 5.84 Å². The van der Waals surface area contributed by atoms with Crippen LogP contribution in [0.3, 0.4) is 0 Å². The van der Waals surface area contributed by atoms with Gasteiger partial charge >= 0.3 is 0 Å². The van der Waals surface area contributed by atoms with E-state index in [2.05, 4.69) is 45.4 Å². The normalized spacial score (nSPS) is 12.9. The number of hydrogen-bond donors (Lipinski definition) is 2. The van der Waals surface area contributed by atoms with Crippen molar-refractivity contribution in [2.24, 2.45) is 5.84 Å². The number of hydrazine groups is 1. The van der Waals surface area contributed by atoms with Gasteiger partial charge in [-0.2, -0.15) is 0 Å². The zero-order valence-electron chi connectivity index (χ0n) is 10.6. The molecule has 0 saturated heterocycles. The summed E-state index contributed by atoms with van der Waals surface area (Å²) in [5, 5.41) is 6.60. The molecule has 3 rings (SSSR count). The highest BCUT2D eigenvalue weighted by Crippen LogP contribution is 2.30. The Kier molecular flexibility index (Phi) is 3.61. The molecular weight excluding hydrogens is 274 g/mol. The summed E-state index contributed by atoms with van der Waals surface area (Å²) in [4.78, 5) is 4.52. The summed E-state index contributed by atoms with van der Waals surface area (Å²) in [7, 11) is 0. The van der Waals surface area contributed by atoms with Crippen molar-refractivity contribution in [2.45, 2.75) is 19.4 Å². The highest BCUT2D eigenvalue weighted by molar-refractivity contribution is 7.17. The molecule has 0 fully saturated rings. The second-order valence-electron chi connectivity index (χ2n) is 4.47. The molecule has 2 aromatic heterocycles. The first-order chi connectivity index (χ1) is 9.28. The van der Waals surface area contributed by atoms with Gasteiger partial charge in [0.1, 0.15) is 0 Å². The molecule has 0 bridgehead atoms. The molecule has 19 heavy (non-hydrogen) atoms. The Morgan fingerprint density at radius 3 is 2.95 bits per heavy atom. The number of nitrogens with zero attached hydrogens (tertiary/aromatic N) is 1. The van der Waals surface area contributed by atoms with Crippen LogP contribution in [0, 0.1) is 6.92 Å². The van der Waals surface area contributed by atoms with Crippen LogP contribution in [0.4, 0.5) is 0 Å². The van der Waals surface area contributed by atoms with Gasteiger partial charge in [-0.25, -0.2) is 4.98 Å². The summed E-state index contributed by atoms with van der Waals surface area (Å²) in [6.07, 6.45) is 0.817. The maximum Gasteiger partial charge on any atom is 0.0897 e. The largest absolute Gasteiger partial charge is 0.271 e. The third-order valence-electron chi connectivity index (χ3n) is 3.17. The van der Waals surface area contributed by atoms with Gasteiger partial charge < -0.3 is 0 Å². The third-order valence-corrected chi connectivity index (χ3v) is 4.97. The van der Waals surface area contributed by atoms with Crippen molar-refractivity contribution in [3.8, 4) is 0 Å². The van der Waals surface area contributed by atoms with E-state index in [1.165, 1.54) is 15.6 Å². The molecule has 1 unspecified atom stereocenters. The fourth-order valence-corrected chi connectivity index (χ4v) is 3.86. The Labute approximate surface area is 120 Å². The molecule has 0 spiro atoms. The Balaban J connectivity index is 1.95. The first kappa shape index (κ1) is 12.7. The van der Waals surface area contributed by atoms with Crippen LogP contribution in [0.15, 0.2) is 35.0 Å². The lowest BCUT2D eigenvalue weighted by Crippen LogP contribution is -2.29. The molecule has 3 N–H and O–H groups in total. The van der Waals surface area contributed by atoms with E-state index < -0.39 is 0 Å². The van der Waals surface area contributed by atoms with E-state index in [0.29, 0.717) is 0 Å². The SMILES string of the molecule is Cc1nc(CC(NN)c2cccc3ccsc23)cs1. The maximum atomic E-state index is 5.75. The first-order valence-electron chi connectivity index (χ1n) is 6.11. The van der Waals surface area contributed by atoms with Gasteiger partial charge in [-0.15, -0.1) is 22.7 Å². The van der Waals surface area contributed by atoms with E-state index in [9.17, 15) is 0 Å². The number of fused-ring (bicyclic) bond motifs is 1. The Bertz CT molecular complexity index is 687. The molecule has 0 radical (unpaired) electrons. The number of thiophene rings is 1. The molecule has 1 atom stereocenters. The Morgan fingerprint density at radius 2 is 2.21 bits per heavy atom. The van der Waals surface area contributed by atoms with Crippen LogP contribution in [0.2, 0.25) is 0 Å². The van der Waals surface area contributed by atoms with Crippen molar-refractivity contribution in [3.63, 3.8) is 0 Å². The number of aryl methyl sites for hydroxylation is 1. The van der Waals surface area contributed by atoms with Gasteiger partial charge in [0.15, 0.2) is 0 Å². The smallest absolute Gasteiger partial charge is 0.0897 e. The number of aromatic nitrogens is 1. The number of nitrogens with two attached hydrogens (primary N) is 1. The van der Waals surface area contributed by atoms with E-state index >= 15 is 0 Å². The number of nitrogens with one attached hydrogen (secondary N) is 1. The van der Waals surface area contributed by atoms with E-state index in [1.54, 1.807) is 22.7 Å². The molecule has 1 aromatic carbocycles. The standard InChI is InChI=1S/C14H15N3S2/c1-9-16-11(8-19-9)7-13(17-15)12-4-2-3-10-5-6-18-14(10)12/h2-6,8,13,17H,7,15H2,1H3. The highest BCUT2D eigenvalue weighted by Gasteiger charge is 2.15. The topological polar surface area (TPSA) is 50.9 Å². The molecule has 0 saturated carbocycles. The average molecular weight is 289 g/mol. The second-order valence-corrected chi connectivity index (χ2v) is 6.45. The van der Waals surface area contributed by atoms with Gasteiger partial charge in [-0.1, -0.05) is 18.2 Å². The average Bonchev–Trinajstić information content (AvgIpc) is 3.04. The van der Waals surface area contributed by atoms with Gasteiger partial charge in [0.25, 0.3) is 0 Å². The van der Waals surface area contributed by atoms with Gasteiger partial charge in [-0.05, 0) is 29.3 Å². The predicted octanol–water partition coefficient (Wildman–Crippen LogP) is 3.41. The van der Waals surface area contributed by atoms with Crippen molar-refractivity contribution in [3.05, 3.63) is 51.3 Å². The Hall–Kier alpha value is -1.27. The van der Waals surface area contributed by atoms with Crippen molar-refractivity contribution in [2.75, 3.05) is 0 Å². The summed E-state index contributed by atoms with van der Waals surface area (Å²) in [5.41, 5.74) is 5.28. The fourth-order valence-electron chi connectivity index (χ4n) is 2.26. The molecule has 98 valence electrons. The summed E-state index contributed by atoms with van der Waals surface area (Å²) in [6.45, 7) is 2.03. The van der Waals surface area contributed by atoms with Crippen LogP contribution in [0.25, 0.3) is 10.1 Å². The summed E-state index contributed by atoms with van der Waals surface area (Å²) < 4.78 is 1.30. The van der Waals surface area contributed by atoms with Crippen LogP contribution >= 0.6 is 22.7 Å². The predicted molar refractivity (Wildman–Crippen MR) is 82.4 cm³/mol. The molecule has 0 amide bonds. The molecule has 0 aliphatic carbocycles. The molecule has 0 aliphatic heterocycles. The molecule has 3 nitrogen and oxygen atoms in total. The van der Waals surface area contributed by atoms with Gasteiger partial charge in [0.05, 0.1) is 16.7 Å². The quantitative estimate of drug-likeness (QED) is 0.571. The highest BCUT2D eigenvalue weighted by atomic mass is 32.1. The van der Waals surface area contributed by atoms with Crippen molar-refractivity contribution >= 4 is 32.8 Å². The lowest BCUT2D eigenvalue weighted by Gasteiger charge is -2.16. The number of hydrogen-bond acceptors (Lipinski definition) is 5. The molecule has 0 aliphatic rings. The van der Waals surface area contributed by atoms with Crippen LogP contribution in [0.1, 0.15) is 22.3 Å². The van der Waals surface area contributed by atoms with Crippen molar-refractivity contribution in [1.29, 1.82) is 0 Å². The van der Waals surface area contributed by atoms with Gasteiger partial charge in [0.2, 0.25) is 0 Å². The van der Waals surface area contributed by atoms with E-state index in [1.807, 2.05) is 6.92 Å². The monoisotopic (exact) mass is 289 g/mol. The fraction of sp³-hybridized carbons (Fsp3) is 0.214. The van der Waals surface area contributed by atoms with E-state index in [0.717, 1.165) is 17.1 Å². The number of benzene rings is 1. The van der Waals surface area contributed by atoms with Gasteiger partial charge in [0, 0.05) is 16.5 Å². The summed E-state index contributed by atoms with van der Waals surface area (Å²) in [6, 6.07) is 8.60. The van der Waals surface area contributed by atoms with Crippen molar-refractivity contribution < 1.29 is 0 Å². The van der Waals surface area contributed by atoms with E-state index in [-0.39, 0.29) is 6.04 Å². The summed E-state index contributed by atoms with van der Waals surface area (Å²) in [5.74, 6) is 5.75. The lowest BCUT2D eigenvalue weighted by molar-refractivity contribution is 0.551. The molecule has 5 heteroatoms. The first-order valence-corrected chi connectivity index (χ1v) is 7.87. The number of thiazole rings is 1. The van der Waals surface area contributed by atoms with Crippen LogP contribution in [0.5, 0.6) is 0 Å². The minimum atomic E-state index is 0.101. The molecular formula is C14H15N3S2.